The zero-order valence-electron chi connectivity index (χ0n) is 5.85. The Morgan fingerprint density at radius 1 is 1.44 bits per heavy atom. The van der Waals surface area contributed by atoms with Gasteiger partial charge in [0.25, 0.3) is 0 Å². The van der Waals surface area contributed by atoms with Gasteiger partial charge < -0.3 is 4.74 Å². The van der Waals surface area contributed by atoms with Crippen LogP contribution in [0, 0.1) is 0 Å². The fourth-order valence-corrected chi connectivity index (χ4v) is 0.318. The lowest BCUT2D eigenvalue weighted by molar-refractivity contribution is -0.143. The van der Waals surface area contributed by atoms with E-state index in [1.807, 2.05) is 6.92 Å². The molecule has 0 saturated carbocycles. The maximum Gasteiger partial charge on any atom is 0.305 e. The molecule has 0 aliphatic carbocycles. The summed E-state index contributed by atoms with van der Waals surface area (Å²) in [4.78, 5) is 10.3. The SMILES string of the molecule is Br.CCCOC(=O)CC. The summed E-state index contributed by atoms with van der Waals surface area (Å²) in [5.74, 6) is -0.105. The molecular formula is C6H13BrO2. The first-order chi connectivity index (χ1) is 3.81. The molecule has 0 amide bonds. The summed E-state index contributed by atoms with van der Waals surface area (Å²) in [6, 6.07) is 0. The van der Waals surface area contributed by atoms with Crippen molar-refractivity contribution in [3.8, 4) is 0 Å². The van der Waals surface area contributed by atoms with E-state index in [9.17, 15) is 4.79 Å². The Balaban J connectivity index is 0. The van der Waals surface area contributed by atoms with Gasteiger partial charge in [-0.15, -0.1) is 17.0 Å². The fraction of sp³-hybridized carbons (Fsp3) is 0.833. The Morgan fingerprint density at radius 3 is 2.33 bits per heavy atom. The second kappa shape index (κ2) is 7.95. The first-order valence-corrected chi connectivity index (χ1v) is 2.96. The molecule has 3 heteroatoms. The minimum Gasteiger partial charge on any atom is -0.466 e. The highest BCUT2D eigenvalue weighted by atomic mass is 79.9. The lowest BCUT2D eigenvalue weighted by Crippen LogP contribution is -2.02. The van der Waals surface area contributed by atoms with Gasteiger partial charge in [-0.05, 0) is 6.42 Å². The van der Waals surface area contributed by atoms with Crippen molar-refractivity contribution in [1.29, 1.82) is 0 Å². The van der Waals surface area contributed by atoms with E-state index in [0.29, 0.717) is 13.0 Å². The minimum atomic E-state index is -0.105. The molecule has 0 aromatic rings. The second-order valence-corrected chi connectivity index (χ2v) is 1.57. The van der Waals surface area contributed by atoms with Crippen LogP contribution in [-0.4, -0.2) is 12.6 Å². The van der Waals surface area contributed by atoms with Gasteiger partial charge in [0.05, 0.1) is 6.61 Å². The quantitative estimate of drug-likeness (QED) is 0.646. The topological polar surface area (TPSA) is 26.3 Å². The van der Waals surface area contributed by atoms with Crippen molar-refractivity contribution >= 4 is 23.0 Å². The van der Waals surface area contributed by atoms with Crippen LogP contribution in [0.2, 0.25) is 0 Å². The number of hydrogen-bond donors (Lipinski definition) is 0. The molecule has 0 atom stereocenters. The molecule has 0 N–H and O–H groups in total. The molecule has 9 heavy (non-hydrogen) atoms. The Hall–Kier alpha value is -0.0500. The summed E-state index contributed by atoms with van der Waals surface area (Å²) < 4.78 is 4.70. The largest absolute Gasteiger partial charge is 0.466 e. The third kappa shape index (κ3) is 7.95. The highest BCUT2D eigenvalue weighted by molar-refractivity contribution is 8.93. The number of rotatable bonds is 3. The molecule has 0 aliphatic rings. The monoisotopic (exact) mass is 196 g/mol. The van der Waals surface area contributed by atoms with Crippen LogP contribution in [0.1, 0.15) is 26.7 Å². The number of hydrogen-bond acceptors (Lipinski definition) is 2. The van der Waals surface area contributed by atoms with Crippen molar-refractivity contribution in [3.05, 3.63) is 0 Å². The van der Waals surface area contributed by atoms with Crippen LogP contribution in [0.3, 0.4) is 0 Å². The van der Waals surface area contributed by atoms with Crippen LogP contribution in [0.25, 0.3) is 0 Å². The van der Waals surface area contributed by atoms with Gasteiger partial charge in [-0.3, -0.25) is 4.79 Å². The van der Waals surface area contributed by atoms with Crippen molar-refractivity contribution in [3.63, 3.8) is 0 Å². The van der Waals surface area contributed by atoms with Crippen molar-refractivity contribution in [2.75, 3.05) is 6.61 Å². The van der Waals surface area contributed by atoms with Gasteiger partial charge in [-0.2, -0.15) is 0 Å². The highest BCUT2D eigenvalue weighted by Crippen LogP contribution is 1.85. The van der Waals surface area contributed by atoms with Crippen LogP contribution in [0.4, 0.5) is 0 Å². The molecule has 0 fully saturated rings. The summed E-state index contributed by atoms with van der Waals surface area (Å²) in [5, 5.41) is 0. The molecule has 0 aliphatic heterocycles. The molecule has 56 valence electrons. The van der Waals surface area contributed by atoms with Gasteiger partial charge in [-0.25, -0.2) is 0 Å². The van der Waals surface area contributed by atoms with E-state index in [4.69, 9.17) is 4.74 Å². The Labute approximate surface area is 66.4 Å². The number of carbonyl (C=O) groups excluding carboxylic acids is 1. The Morgan fingerprint density at radius 2 is 2.00 bits per heavy atom. The second-order valence-electron chi connectivity index (χ2n) is 1.57. The highest BCUT2D eigenvalue weighted by Gasteiger charge is 1.93. The molecule has 0 spiro atoms. The van der Waals surface area contributed by atoms with Gasteiger partial charge in [0.2, 0.25) is 0 Å². The Kier molecular flexibility index (Phi) is 10.3. The number of esters is 1. The predicted molar refractivity (Wildman–Crippen MR) is 41.9 cm³/mol. The molecule has 0 bridgehead atoms. The lowest BCUT2D eigenvalue weighted by atomic mass is 10.5. The maximum atomic E-state index is 10.3. The van der Waals surface area contributed by atoms with E-state index in [1.54, 1.807) is 6.92 Å². The van der Waals surface area contributed by atoms with Crippen LogP contribution in [0.15, 0.2) is 0 Å². The third-order valence-corrected chi connectivity index (χ3v) is 0.756. The summed E-state index contributed by atoms with van der Waals surface area (Å²) in [7, 11) is 0. The first kappa shape index (κ1) is 11.7. The first-order valence-electron chi connectivity index (χ1n) is 2.96. The molecule has 0 radical (unpaired) electrons. The van der Waals surface area contributed by atoms with Gasteiger partial charge in [-0.1, -0.05) is 13.8 Å². The van der Waals surface area contributed by atoms with Crippen LogP contribution in [0.5, 0.6) is 0 Å². The lowest BCUT2D eigenvalue weighted by Gasteiger charge is -1.97. The van der Waals surface area contributed by atoms with E-state index >= 15 is 0 Å². The molecule has 0 saturated heterocycles. The maximum absolute atomic E-state index is 10.3. The van der Waals surface area contributed by atoms with E-state index < -0.39 is 0 Å². The van der Waals surface area contributed by atoms with Crippen molar-refractivity contribution in [2.24, 2.45) is 0 Å². The molecule has 0 rings (SSSR count). The van der Waals surface area contributed by atoms with Crippen LogP contribution in [-0.2, 0) is 9.53 Å². The van der Waals surface area contributed by atoms with Crippen molar-refractivity contribution in [2.45, 2.75) is 26.7 Å². The average Bonchev–Trinajstić information content (AvgIpc) is 1.83. The summed E-state index contributed by atoms with van der Waals surface area (Å²) in [6.07, 6.45) is 1.39. The summed E-state index contributed by atoms with van der Waals surface area (Å²) in [6.45, 7) is 4.33. The van der Waals surface area contributed by atoms with Gasteiger partial charge in [0.15, 0.2) is 0 Å². The third-order valence-electron chi connectivity index (χ3n) is 0.756. The molecule has 0 heterocycles. The molecule has 0 unspecified atom stereocenters. The standard InChI is InChI=1S/C6H12O2.BrH/c1-3-5-8-6(7)4-2;/h3-5H2,1-2H3;1H. The normalized spacial score (nSPS) is 7.78. The van der Waals surface area contributed by atoms with Crippen molar-refractivity contribution in [1.82, 2.24) is 0 Å². The van der Waals surface area contributed by atoms with Gasteiger partial charge in [0, 0.05) is 6.42 Å². The smallest absolute Gasteiger partial charge is 0.305 e. The zero-order chi connectivity index (χ0) is 6.41. The summed E-state index contributed by atoms with van der Waals surface area (Å²) >= 11 is 0. The predicted octanol–water partition coefficient (Wildman–Crippen LogP) is 1.93. The number of carbonyl (C=O) groups is 1. The Bertz CT molecular complexity index is 73.5. The fourth-order valence-electron chi connectivity index (χ4n) is 0.318. The molecule has 2 nitrogen and oxygen atoms in total. The van der Waals surface area contributed by atoms with E-state index in [-0.39, 0.29) is 23.0 Å². The van der Waals surface area contributed by atoms with Gasteiger partial charge in [0.1, 0.15) is 0 Å². The van der Waals surface area contributed by atoms with Crippen molar-refractivity contribution < 1.29 is 9.53 Å². The summed E-state index contributed by atoms with van der Waals surface area (Å²) in [5.41, 5.74) is 0. The van der Waals surface area contributed by atoms with Gasteiger partial charge >= 0.3 is 5.97 Å². The average molecular weight is 197 g/mol. The van der Waals surface area contributed by atoms with E-state index in [2.05, 4.69) is 0 Å². The molecular weight excluding hydrogens is 184 g/mol. The van der Waals surface area contributed by atoms with Crippen LogP contribution < -0.4 is 0 Å². The van der Waals surface area contributed by atoms with Crippen LogP contribution >= 0.6 is 17.0 Å². The van der Waals surface area contributed by atoms with E-state index in [0.717, 1.165) is 6.42 Å². The number of ether oxygens (including phenoxy) is 1. The van der Waals surface area contributed by atoms with E-state index in [1.165, 1.54) is 0 Å². The minimum absolute atomic E-state index is 0. The molecule has 0 aromatic heterocycles. The number of halogens is 1. The molecule has 0 aromatic carbocycles. The zero-order valence-corrected chi connectivity index (χ0v) is 7.56.